The molecule has 84 valence electrons. The van der Waals surface area contributed by atoms with Crippen LogP contribution in [0.1, 0.15) is 20.8 Å². The Kier molecular flexibility index (Phi) is 3.47. The van der Waals surface area contributed by atoms with Crippen molar-refractivity contribution >= 4 is 5.91 Å². The molecule has 0 aromatic carbocycles. The van der Waals surface area contributed by atoms with Gasteiger partial charge in [0, 0.05) is 12.4 Å². The lowest BCUT2D eigenvalue weighted by atomic mass is 9.99. The van der Waals surface area contributed by atoms with Crippen LogP contribution in [0.5, 0.6) is 0 Å². The van der Waals surface area contributed by atoms with Crippen LogP contribution in [0.25, 0.3) is 0 Å². The molecule has 1 unspecified atom stereocenters. The van der Waals surface area contributed by atoms with Crippen LogP contribution in [0.15, 0.2) is 18.5 Å². The highest BCUT2D eigenvalue weighted by atomic mass is 16.3. The first kappa shape index (κ1) is 11.7. The van der Waals surface area contributed by atoms with Gasteiger partial charge in [-0.05, 0) is 26.8 Å². The van der Waals surface area contributed by atoms with E-state index in [2.05, 4.69) is 10.4 Å². The minimum atomic E-state index is -0.621. The molecular formula is C10H17N3O2. The predicted octanol–water partition coefficient (Wildman–Crippen LogP) is 0.159. The predicted molar refractivity (Wildman–Crippen MR) is 56.1 cm³/mol. The van der Waals surface area contributed by atoms with E-state index in [0.717, 1.165) is 0 Å². The minimum absolute atomic E-state index is 0.162. The number of hydrogen-bond donors (Lipinski definition) is 2. The lowest BCUT2D eigenvalue weighted by molar-refractivity contribution is -0.124. The number of aliphatic hydroxyl groups excluding tert-OH is 1. The van der Waals surface area contributed by atoms with Crippen molar-refractivity contribution in [3.8, 4) is 0 Å². The lowest BCUT2D eigenvalue weighted by Gasteiger charge is -2.29. The van der Waals surface area contributed by atoms with Gasteiger partial charge in [-0.25, -0.2) is 0 Å². The number of carbonyl (C=O) groups is 1. The van der Waals surface area contributed by atoms with Crippen LogP contribution < -0.4 is 5.32 Å². The number of nitrogens with one attached hydrogen (secondary N) is 1. The molecule has 0 aliphatic carbocycles. The Labute approximate surface area is 89.1 Å². The SMILES string of the molecule is CC(O)C(C)(C)NC(=O)Cn1cccn1. The van der Waals surface area contributed by atoms with E-state index in [-0.39, 0.29) is 12.5 Å². The summed E-state index contributed by atoms with van der Waals surface area (Å²) in [5, 5.41) is 16.1. The zero-order chi connectivity index (χ0) is 11.5. The summed E-state index contributed by atoms with van der Waals surface area (Å²) in [6.45, 7) is 5.37. The van der Waals surface area contributed by atoms with Gasteiger partial charge in [-0.2, -0.15) is 5.10 Å². The molecule has 1 amide bonds. The van der Waals surface area contributed by atoms with Crippen LogP contribution in [0.3, 0.4) is 0 Å². The van der Waals surface area contributed by atoms with Crippen LogP contribution in [-0.2, 0) is 11.3 Å². The van der Waals surface area contributed by atoms with E-state index in [1.165, 1.54) is 4.68 Å². The van der Waals surface area contributed by atoms with Crippen molar-refractivity contribution in [2.24, 2.45) is 0 Å². The van der Waals surface area contributed by atoms with E-state index in [1.54, 1.807) is 39.2 Å². The van der Waals surface area contributed by atoms with E-state index < -0.39 is 11.6 Å². The Morgan fingerprint density at radius 2 is 2.33 bits per heavy atom. The molecule has 1 aromatic rings. The molecule has 0 saturated carbocycles. The maximum atomic E-state index is 11.5. The van der Waals surface area contributed by atoms with Crippen molar-refractivity contribution in [2.75, 3.05) is 0 Å². The average molecular weight is 211 g/mol. The van der Waals surface area contributed by atoms with Gasteiger partial charge < -0.3 is 10.4 Å². The second-order valence-electron chi connectivity index (χ2n) is 4.15. The standard InChI is InChI=1S/C10H17N3O2/c1-8(14)10(2,3)12-9(15)7-13-6-4-5-11-13/h4-6,8,14H,7H2,1-3H3,(H,12,15). The highest BCUT2D eigenvalue weighted by molar-refractivity contribution is 5.76. The number of amides is 1. The molecule has 1 rings (SSSR count). The smallest absolute Gasteiger partial charge is 0.242 e. The van der Waals surface area contributed by atoms with Gasteiger partial charge in [-0.15, -0.1) is 0 Å². The van der Waals surface area contributed by atoms with Crippen LogP contribution >= 0.6 is 0 Å². The van der Waals surface area contributed by atoms with Gasteiger partial charge in [-0.3, -0.25) is 9.48 Å². The molecule has 5 heteroatoms. The van der Waals surface area contributed by atoms with E-state index >= 15 is 0 Å². The van der Waals surface area contributed by atoms with E-state index in [0.29, 0.717) is 0 Å². The molecule has 0 saturated heterocycles. The number of aromatic nitrogens is 2. The molecule has 0 fully saturated rings. The quantitative estimate of drug-likeness (QED) is 0.745. The van der Waals surface area contributed by atoms with Gasteiger partial charge in [0.1, 0.15) is 6.54 Å². The van der Waals surface area contributed by atoms with Crippen molar-refractivity contribution in [3.63, 3.8) is 0 Å². The third-order valence-electron chi connectivity index (χ3n) is 2.37. The van der Waals surface area contributed by atoms with Crippen molar-refractivity contribution in [1.29, 1.82) is 0 Å². The minimum Gasteiger partial charge on any atom is -0.391 e. The molecule has 15 heavy (non-hydrogen) atoms. The number of carbonyl (C=O) groups excluding carboxylic acids is 1. The largest absolute Gasteiger partial charge is 0.391 e. The second kappa shape index (κ2) is 4.44. The normalized spacial score (nSPS) is 13.6. The highest BCUT2D eigenvalue weighted by Gasteiger charge is 2.25. The van der Waals surface area contributed by atoms with Crippen LogP contribution in [0.4, 0.5) is 0 Å². The van der Waals surface area contributed by atoms with Crippen LogP contribution in [0, 0.1) is 0 Å². The highest BCUT2D eigenvalue weighted by Crippen LogP contribution is 2.07. The van der Waals surface area contributed by atoms with E-state index in [4.69, 9.17) is 0 Å². The Morgan fingerprint density at radius 3 is 2.80 bits per heavy atom. The van der Waals surface area contributed by atoms with Gasteiger partial charge in [0.2, 0.25) is 5.91 Å². The Hall–Kier alpha value is -1.36. The Bertz CT molecular complexity index is 317. The first-order valence-corrected chi connectivity index (χ1v) is 4.88. The Balaban J connectivity index is 2.50. The Morgan fingerprint density at radius 1 is 1.67 bits per heavy atom. The maximum Gasteiger partial charge on any atom is 0.242 e. The number of rotatable bonds is 4. The molecule has 0 bridgehead atoms. The van der Waals surface area contributed by atoms with Gasteiger partial charge in [0.25, 0.3) is 0 Å². The molecule has 1 aromatic heterocycles. The molecule has 0 spiro atoms. The molecule has 2 N–H and O–H groups in total. The summed E-state index contributed by atoms with van der Waals surface area (Å²) in [4.78, 5) is 11.5. The monoisotopic (exact) mass is 211 g/mol. The number of hydrogen-bond acceptors (Lipinski definition) is 3. The summed E-state index contributed by atoms with van der Waals surface area (Å²) in [6.07, 6.45) is 2.74. The second-order valence-corrected chi connectivity index (χ2v) is 4.15. The maximum absolute atomic E-state index is 11.5. The third kappa shape index (κ3) is 3.36. The zero-order valence-electron chi connectivity index (χ0n) is 9.27. The number of aliphatic hydroxyl groups is 1. The van der Waals surface area contributed by atoms with Crippen molar-refractivity contribution in [1.82, 2.24) is 15.1 Å². The fraction of sp³-hybridized carbons (Fsp3) is 0.600. The summed E-state index contributed by atoms with van der Waals surface area (Å²) in [7, 11) is 0. The van der Waals surface area contributed by atoms with E-state index in [1.807, 2.05) is 0 Å². The van der Waals surface area contributed by atoms with Gasteiger partial charge in [0.05, 0.1) is 11.6 Å². The third-order valence-corrected chi connectivity index (χ3v) is 2.37. The first-order valence-electron chi connectivity index (χ1n) is 4.88. The molecule has 1 heterocycles. The summed E-state index contributed by atoms with van der Waals surface area (Å²) >= 11 is 0. The van der Waals surface area contributed by atoms with Crippen LogP contribution in [-0.4, -0.2) is 32.4 Å². The number of nitrogens with zero attached hydrogens (tertiary/aromatic N) is 2. The fourth-order valence-electron chi connectivity index (χ4n) is 1.04. The van der Waals surface area contributed by atoms with Crippen LogP contribution in [0.2, 0.25) is 0 Å². The summed E-state index contributed by atoms with van der Waals surface area (Å²) in [5.74, 6) is -0.162. The van der Waals surface area contributed by atoms with E-state index in [9.17, 15) is 9.90 Å². The van der Waals surface area contributed by atoms with Gasteiger partial charge in [-0.1, -0.05) is 0 Å². The van der Waals surface area contributed by atoms with Gasteiger partial charge in [0.15, 0.2) is 0 Å². The topological polar surface area (TPSA) is 67.2 Å². The summed E-state index contributed by atoms with van der Waals surface area (Å²) in [6, 6.07) is 1.76. The van der Waals surface area contributed by atoms with Gasteiger partial charge >= 0.3 is 0 Å². The average Bonchev–Trinajstić information content (AvgIpc) is 2.54. The summed E-state index contributed by atoms with van der Waals surface area (Å²) < 4.78 is 1.54. The molecule has 5 nitrogen and oxygen atoms in total. The zero-order valence-corrected chi connectivity index (χ0v) is 9.27. The molecular weight excluding hydrogens is 194 g/mol. The molecule has 0 aliphatic rings. The molecule has 0 radical (unpaired) electrons. The molecule has 1 atom stereocenters. The van der Waals surface area contributed by atoms with Crippen molar-refractivity contribution in [3.05, 3.63) is 18.5 Å². The van der Waals surface area contributed by atoms with Crippen molar-refractivity contribution < 1.29 is 9.90 Å². The fourth-order valence-corrected chi connectivity index (χ4v) is 1.04. The van der Waals surface area contributed by atoms with Crippen molar-refractivity contribution in [2.45, 2.75) is 39.0 Å². The lowest BCUT2D eigenvalue weighted by Crippen LogP contribution is -2.51. The first-order chi connectivity index (χ1) is 6.92. The molecule has 0 aliphatic heterocycles. The summed E-state index contributed by atoms with van der Waals surface area (Å²) in [5.41, 5.74) is -0.621.